The summed E-state index contributed by atoms with van der Waals surface area (Å²) in [7, 11) is -3.43. The van der Waals surface area contributed by atoms with Crippen molar-refractivity contribution in [1.29, 1.82) is 0 Å². The minimum absolute atomic E-state index is 0.0435. The van der Waals surface area contributed by atoms with Gasteiger partial charge in [0.1, 0.15) is 0 Å². The Labute approximate surface area is 121 Å². The lowest BCUT2D eigenvalue weighted by Gasteiger charge is -2.17. The van der Waals surface area contributed by atoms with E-state index in [0.717, 1.165) is 24.0 Å². The molecule has 1 aromatic carbocycles. The van der Waals surface area contributed by atoms with E-state index in [2.05, 4.69) is 4.72 Å². The van der Waals surface area contributed by atoms with E-state index >= 15 is 0 Å². The summed E-state index contributed by atoms with van der Waals surface area (Å²) < 4.78 is 27.7. The second kappa shape index (κ2) is 6.24. The summed E-state index contributed by atoms with van der Waals surface area (Å²) >= 11 is 0. The van der Waals surface area contributed by atoms with Gasteiger partial charge in [0.15, 0.2) is 0 Å². The standard InChI is InChI=1S/C15H24N2O2S/c1-3-14(9-12-4-5-12)17-20(18,19)15-7-6-13(10-16)11(2)8-15/h6-8,12,14,17H,3-5,9-10,16H2,1-2H3. The molecule has 1 atom stereocenters. The van der Waals surface area contributed by atoms with Gasteiger partial charge in [0.05, 0.1) is 4.90 Å². The molecule has 3 N–H and O–H groups in total. The van der Waals surface area contributed by atoms with Crippen LogP contribution in [-0.4, -0.2) is 14.5 Å². The molecule has 0 aliphatic heterocycles. The number of aryl methyl sites for hydroxylation is 1. The SMILES string of the molecule is CCC(CC1CC1)NS(=O)(=O)c1ccc(CN)c(C)c1. The van der Waals surface area contributed by atoms with Crippen LogP contribution in [0, 0.1) is 12.8 Å². The van der Waals surface area contributed by atoms with Gasteiger partial charge in [-0.25, -0.2) is 13.1 Å². The molecule has 1 fully saturated rings. The summed E-state index contributed by atoms with van der Waals surface area (Å²) in [4.78, 5) is 0.335. The van der Waals surface area contributed by atoms with Crippen LogP contribution in [0.4, 0.5) is 0 Å². The Morgan fingerprint density at radius 2 is 2.10 bits per heavy atom. The van der Waals surface area contributed by atoms with Crippen LogP contribution in [0.2, 0.25) is 0 Å². The number of benzene rings is 1. The molecule has 1 saturated carbocycles. The molecule has 4 nitrogen and oxygen atoms in total. The molecule has 0 saturated heterocycles. The first kappa shape index (κ1) is 15.5. The topological polar surface area (TPSA) is 72.2 Å². The number of hydrogen-bond donors (Lipinski definition) is 2. The Morgan fingerprint density at radius 1 is 1.40 bits per heavy atom. The van der Waals surface area contributed by atoms with Crippen molar-refractivity contribution in [2.75, 3.05) is 0 Å². The van der Waals surface area contributed by atoms with Gasteiger partial charge in [-0.15, -0.1) is 0 Å². The van der Waals surface area contributed by atoms with Crippen LogP contribution in [0.5, 0.6) is 0 Å². The normalized spacial score (nSPS) is 17.1. The highest BCUT2D eigenvalue weighted by atomic mass is 32.2. The molecule has 0 bridgehead atoms. The van der Waals surface area contributed by atoms with Gasteiger partial charge in [-0.1, -0.05) is 25.8 Å². The van der Waals surface area contributed by atoms with Gasteiger partial charge in [0.25, 0.3) is 0 Å². The molecule has 5 heteroatoms. The monoisotopic (exact) mass is 296 g/mol. The van der Waals surface area contributed by atoms with E-state index in [1.807, 2.05) is 13.8 Å². The third-order valence-electron chi connectivity index (χ3n) is 3.97. The van der Waals surface area contributed by atoms with Gasteiger partial charge in [0.2, 0.25) is 10.0 Å². The molecule has 20 heavy (non-hydrogen) atoms. The van der Waals surface area contributed by atoms with Crippen LogP contribution < -0.4 is 10.5 Å². The number of hydrogen-bond acceptors (Lipinski definition) is 3. The zero-order valence-corrected chi connectivity index (χ0v) is 13.0. The molecular weight excluding hydrogens is 272 g/mol. The van der Waals surface area contributed by atoms with E-state index in [1.54, 1.807) is 18.2 Å². The number of nitrogens with two attached hydrogens (primary N) is 1. The highest BCUT2D eigenvalue weighted by Gasteiger charge is 2.27. The van der Waals surface area contributed by atoms with Crippen LogP contribution >= 0.6 is 0 Å². The van der Waals surface area contributed by atoms with E-state index in [9.17, 15) is 8.42 Å². The maximum absolute atomic E-state index is 12.4. The summed E-state index contributed by atoms with van der Waals surface area (Å²) in [5.74, 6) is 0.712. The van der Waals surface area contributed by atoms with E-state index in [0.29, 0.717) is 17.4 Å². The molecule has 112 valence electrons. The lowest BCUT2D eigenvalue weighted by Crippen LogP contribution is -2.34. The summed E-state index contributed by atoms with van der Waals surface area (Å²) in [6, 6.07) is 5.18. The molecule has 0 amide bonds. The Hall–Kier alpha value is -0.910. The summed E-state index contributed by atoms with van der Waals surface area (Å²) in [6.45, 7) is 4.35. The fraction of sp³-hybridized carbons (Fsp3) is 0.600. The third kappa shape index (κ3) is 3.81. The van der Waals surface area contributed by atoms with Crippen molar-refractivity contribution < 1.29 is 8.42 Å². The molecular formula is C15H24N2O2S. The average Bonchev–Trinajstić information content (AvgIpc) is 3.21. The molecule has 0 radical (unpaired) electrons. The quantitative estimate of drug-likeness (QED) is 0.811. The molecule has 2 rings (SSSR count). The van der Waals surface area contributed by atoms with Crippen molar-refractivity contribution in [2.45, 2.75) is 57.0 Å². The van der Waals surface area contributed by atoms with Crippen LogP contribution in [-0.2, 0) is 16.6 Å². The third-order valence-corrected chi connectivity index (χ3v) is 5.49. The molecule has 0 heterocycles. The smallest absolute Gasteiger partial charge is 0.240 e. The molecule has 1 aliphatic rings. The predicted octanol–water partition coefficient (Wildman–Crippen LogP) is 2.31. The van der Waals surface area contributed by atoms with Crippen molar-refractivity contribution in [3.63, 3.8) is 0 Å². The minimum atomic E-state index is -3.43. The second-order valence-electron chi connectivity index (χ2n) is 5.70. The molecule has 1 aromatic rings. The predicted molar refractivity (Wildman–Crippen MR) is 80.8 cm³/mol. The molecule has 0 aromatic heterocycles. The molecule has 1 unspecified atom stereocenters. The highest BCUT2D eigenvalue weighted by Crippen LogP contribution is 2.34. The lowest BCUT2D eigenvalue weighted by atomic mass is 10.1. The van der Waals surface area contributed by atoms with Gasteiger partial charge < -0.3 is 5.73 Å². The van der Waals surface area contributed by atoms with Crippen molar-refractivity contribution >= 4 is 10.0 Å². The van der Waals surface area contributed by atoms with Gasteiger partial charge in [0, 0.05) is 12.6 Å². The number of nitrogens with one attached hydrogen (secondary N) is 1. The van der Waals surface area contributed by atoms with Gasteiger partial charge in [-0.3, -0.25) is 0 Å². The molecule has 1 aliphatic carbocycles. The van der Waals surface area contributed by atoms with Crippen molar-refractivity contribution in [2.24, 2.45) is 11.7 Å². The van der Waals surface area contributed by atoms with E-state index in [1.165, 1.54) is 12.8 Å². The van der Waals surface area contributed by atoms with Crippen LogP contribution in [0.25, 0.3) is 0 Å². The fourth-order valence-electron chi connectivity index (χ4n) is 2.41. The van der Waals surface area contributed by atoms with Crippen LogP contribution in [0.15, 0.2) is 23.1 Å². The minimum Gasteiger partial charge on any atom is -0.326 e. The average molecular weight is 296 g/mol. The zero-order valence-electron chi connectivity index (χ0n) is 12.2. The Morgan fingerprint density at radius 3 is 2.60 bits per heavy atom. The van der Waals surface area contributed by atoms with Crippen LogP contribution in [0.1, 0.15) is 43.7 Å². The largest absolute Gasteiger partial charge is 0.326 e. The maximum atomic E-state index is 12.4. The van der Waals surface area contributed by atoms with Crippen LogP contribution in [0.3, 0.4) is 0 Å². The summed E-state index contributed by atoms with van der Waals surface area (Å²) in [5.41, 5.74) is 7.51. The van der Waals surface area contributed by atoms with E-state index in [-0.39, 0.29) is 6.04 Å². The maximum Gasteiger partial charge on any atom is 0.240 e. The van der Waals surface area contributed by atoms with Gasteiger partial charge >= 0.3 is 0 Å². The Balaban J connectivity index is 2.13. The van der Waals surface area contributed by atoms with Gasteiger partial charge in [-0.05, 0) is 48.9 Å². The number of rotatable bonds is 7. The lowest BCUT2D eigenvalue weighted by molar-refractivity contribution is 0.495. The second-order valence-corrected chi connectivity index (χ2v) is 7.41. The Kier molecular flexibility index (Phi) is 4.83. The Bertz CT molecular complexity index is 565. The first-order valence-electron chi connectivity index (χ1n) is 7.28. The summed E-state index contributed by atoms with van der Waals surface area (Å²) in [6.07, 6.45) is 4.26. The first-order chi connectivity index (χ1) is 9.46. The highest BCUT2D eigenvalue weighted by molar-refractivity contribution is 7.89. The van der Waals surface area contributed by atoms with E-state index < -0.39 is 10.0 Å². The first-order valence-corrected chi connectivity index (χ1v) is 8.76. The molecule has 0 spiro atoms. The van der Waals surface area contributed by atoms with Crippen molar-refractivity contribution in [3.05, 3.63) is 29.3 Å². The van der Waals surface area contributed by atoms with Gasteiger partial charge in [-0.2, -0.15) is 0 Å². The van der Waals surface area contributed by atoms with Crippen molar-refractivity contribution in [3.8, 4) is 0 Å². The van der Waals surface area contributed by atoms with E-state index in [4.69, 9.17) is 5.73 Å². The fourth-order valence-corrected chi connectivity index (χ4v) is 3.82. The summed E-state index contributed by atoms with van der Waals surface area (Å²) in [5, 5.41) is 0. The van der Waals surface area contributed by atoms with Crippen molar-refractivity contribution in [1.82, 2.24) is 4.72 Å². The number of sulfonamides is 1. The zero-order chi connectivity index (χ0) is 14.8.